The molecule has 0 radical (unpaired) electrons. The van der Waals surface area contributed by atoms with E-state index in [0.29, 0.717) is 11.4 Å². The number of fused-ring (bicyclic) bond motifs is 3. The van der Waals surface area contributed by atoms with Gasteiger partial charge in [-0.2, -0.15) is 0 Å². The standard InChI is InChI=1S/C22H23N3O4/c1-28-15-10-8-14(9-11-15)25-21(26)18-19(16-6-3-4-7-17(16)29-2)23-12-5-13-24(23)20(18)22(25)27/h3-4,6-11,18-20H,5,12-13H2,1-2H3/t18-,19-,20+/m1/s1. The van der Waals surface area contributed by atoms with Crippen LogP contribution in [0.15, 0.2) is 48.5 Å². The van der Waals surface area contributed by atoms with Crippen LogP contribution in [0, 0.1) is 5.92 Å². The topological polar surface area (TPSA) is 62.3 Å². The van der Waals surface area contributed by atoms with Gasteiger partial charge in [-0.15, -0.1) is 0 Å². The maximum atomic E-state index is 13.5. The summed E-state index contributed by atoms with van der Waals surface area (Å²) in [5.41, 5.74) is 1.53. The van der Waals surface area contributed by atoms with Gasteiger partial charge in [0.15, 0.2) is 0 Å². The molecule has 0 saturated carbocycles. The SMILES string of the molecule is COc1ccc(N2C(=O)[C@H]3[C@@H](C2=O)N2CCCN2[C@@H]3c2ccccc2OC)cc1. The molecule has 7 heteroatoms. The Bertz CT molecular complexity index is 961. The van der Waals surface area contributed by atoms with E-state index in [9.17, 15) is 9.59 Å². The summed E-state index contributed by atoms with van der Waals surface area (Å²) in [6, 6.07) is 14.1. The number of hydrogen-bond acceptors (Lipinski definition) is 6. The van der Waals surface area contributed by atoms with Gasteiger partial charge in [0, 0.05) is 18.7 Å². The van der Waals surface area contributed by atoms with Crippen molar-refractivity contribution in [2.75, 3.05) is 32.2 Å². The van der Waals surface area contributed by atoms with E-state index in [1.54, 1.807) is 38.5 Å². The molecule has 3 atom stereocenters. The van der Waals surface area contributed by atoms with E-state index < -0.39 is 12.0 Å². The number of hydrogen-bond donors (Lipinski definition) is 0. The number of carbonyl (C=O) groups excluding carboxylic acids is 2. The first-order valence-corrected chi connectivity index (χ1v) is 9.83. The van der Waals surface area contributed by atoms with Crippen LogP contribution in [0.3, 0.4) is 0 Å². The Labute approximate surface area is 169 Å². The number of benzene rings is 2. The third-order valence-electron chi connectivity index (χ3n) is 6.19. The van der Waals surface area contributed by atoms with Crippen LogP contribution in [0.1, 0.15) is 18.0 Å². The van der Waals surface area contributed by atoms with Crippen molar-refractivity contribution >= 4 is 17.5 Å². The number of nitrogens with zero attached hydrogens (tertiary/aromatic N) is 3. The van der Waals surface area contributed by atoms with Gasteiger partial charge in [-0.25, -0.2) is 14.9 Å². The van der Waals surface area contributed by atoms with Gasteiger partial charge in [-0.3, -0.25) is 9.59 Å². The molecule has 3 heterocycles. The maximum Gasteiger partial charge on any atom is 0.253 e. The Balaban J connectivity index is 1.57. The van der Waals surface area contributed by atoms with E-state index in [1.807, 2.05) is 24.3 Å². The normalized spacial score (nSPS) is 26.7. The summed E-state index contributed by atoms with van der Waals surface area (Å²) < 4.78 is 10.8. The Hall–Kier alpha value is -2.90. The number of para-hydroxylation sites is 1. The Morgan fingerprint density at radius 2 is 1.52 bits per heavy atom. The van der Waals surface area contributed by atoms with Gasteiger partial charge < -0.3 is 9.47 Å². The highest BCUT2D eigenvalue weighted by atomic mass is 16.5. The van der Waals surface area contributed by atoms with Crippen LogP contribution in [0.5, 0.6) is 11.5 Å². The Kier molecular flexibility index (Phi) is 4.29. The summed E-state index contributed by atoms with van der Waals surface area (Å²) in [7, 11) is 3.23. The van der Waals surface area contributed by atoms with Gasteiger partial charge in [0.05, 0.1) is 31.9 Å². The summed E-state index contributed by atoms with van der Waals surface area (Å²) >= 11 is 0. The molecule has 0 aromatic heterocycles. The van der Waals surface area contributed by atoms with Crippen LogP contribution < -0.4 is 14.4 Å². The number of methoxy groups -OCH3 is 2. The van der Waals surface area contributed by atoms with Crippen molar-refractivity contribution in [1.82, 2.24) is 10.0 Å². The summed E-state index contributed by atoms with van der Waals surface area (Å²) in [6.07, 6.45) is 0.971. The maximum absolute atomic E-state index is 13.5. The average Bonchev–Trinajstić information content (AvgIpc) is 3.40. The van der Waals surface area contributed by atoms with Gasteiger partial charge in [0.1, 0.15) is 17.5 Å². The summed E-state index contributed by atoms with van der Waals surface area (Å²) in [4.78, 5) is 28.3. The minimum absolute atomic E-state index is 0.157. The van der Waals surface area contributed by atoms with Crippen LogP contribution in [0.2, 0.25) is 0 Å². The second kappa shape index (κ2) is 6.86. The minimum Gasteiger partial charge on any atom is -0.497 e. The van der Waals surface area contributed by atoms with E-state index in [4.69, 9.17) is 9.47 Å². The predicted molar refractivity (Wildman–Crippen MR) is 107 cm³/mol. The fourth-order valence-electron chi connectivity index (χ4n) is 4.98. The zero-order chi connectivity index (χ0) is 20.1. The molecule has 0 bridgehead atoms. The molecule has 150 valence electrons. The fraction of sp³-hybridized carbons (Fsp3) is 0.364. The molecule has 0 aliphatic carbocycles. The second-order valence-corrected chi connectivity index (χ2v) is 7.55. The van der Waals surface area contributed by atoms with Crippen LogP contribution in [0.4, 0.5) is 5.69 Å². The van der Waals surface area contributed by atoms with Crippen LogP contribution >= 0.6 is 0 Å². The molecule has 2 amide bonds. The molecular weight excluding hydrogens is 370 g/mol. The molecule has 3 fully saturated rings. The van der Waals surface area contributed by atoms with Crippen molar-refractivity contribution in [3.05, 3.63) is 54.1 Å². The van der Waals surface area contributed by atoms with Gasteiger partial charge in [-0.1, -0.05) is 18.2 Å². The second-order valence-electron chi connectivity index (χ2n) is 7.55. The highest BCUT2D eigenvalue weighted by Crippen LogP contribution is 2.50. The Morgan fingerprint density at radius 1 is 0.828 bits per heavy atom. The molecule has 7 nitrogen and oxygen atoms in total. The predicted octanol–water partition coefficient (Wildman–Crippen LogP) is 2.24. The number of rotatable bonds is 4. The molecular formula is C22H23N3O4. The molecule has 5 rings (SSSR count). The number of carbonyl (C=O) groups is 2. The van der Waals surface area contributed by atoms with Crippen molar-refractivity contribution in [3.8, 4) is 11.5 Å². The number of imide groups is 1. The lowest BCUT2D eigenvalue weighted by atomic mass is 9.89. The highest BCUT2D eigenvalue weighted by molar-refractivity contribution is 6.24. The van der Waals surface area contributed by atoms with Crippen molar-refractivity contribution < 1.29 is 19.1 Å². The number of ether oxygens (including phenoxy) is 2. The average molecular weight is 393 g/mol. The first-order valence-electron chi connectivity index (χ1n) is 9.83. The van der Waals surface area contributed by atoms with Gasteiger partial charge in [-0.05, 0) is 36.8 Å². The summed E-state index contributed by atoms with van der Waals surface area (Å²) in [6.45, 7) is 1.61. The van der Waals surface area contributed by atoms with Crippen molar-refractivity contribution in [2.45, 2.75) is 18.5 Å². The molecule has 3 saturated heterocycles. The number of anilines is 1. The molecule has 0 unspecified atom stereocenters. The summed E-state index contributed by atoms with van der Waals surface area (Å²) in [5, 5.41) is 4.28. The van der Waals surface area contributed by atoms with Crippen LogP contribution in [-0.4, -0.2) is 55.2 Å². The van der Waals surface area contributed by atoms with Crippen LogP contribution in [-0.2, 0) is 9.59 Å². The van der Waals surface area contributed by atoms with E-state index in [0.717, 1.165) is 30.8 Å². The lowest BCUT2D eigenvalue weighted by Crippen LogP contribution is -2.44. The molecule has 29 heavy (non-hydrogen) atoms. The molecule has 2 aromatic rings. The molecule has 3 aliphatic heterocycles. The quantitative estimate of drug-likeness (QED) is 0.743. The van der Waals surface area contributed by atoms with Crippen LogP contribution in [0.25, 0.3) is 0 Å². The molecule has 0 spiro atoms. The lowest BCUT2D eigenvalue weighted by Gasteiger charge is -2.30. The summed E-state index contributed by atoms with van der Waals surface area (Å²) in [5.74, 6) is 0.657. The van der Waals surface area contributed by atoms with Crippen molar-refractivity contribution in [1.29, 1.82) is 0 Å². The third kappa shape index (κ3) is 2.58. The third-order valence-corrected chi connectivity index (χ3v) is 6.19. The van der Waals surface area contributed by atoms with Gasteiger partial charge >= 0.3 is 0 Å². The molecule has 2 aromatic carbocycles. The highest BCUT2D eigenvalue weighted by Gasteiger charge is 2.63. The molecule has 0 N–H and O–H groups in total. The van der Waals surface area contributed by atoms with E-state index in [1.165, 1.54) is 4.90 Å². The minimum atomic E-state index is -0.470. The van der Waals surface area contributed by atoms with Gasteiger partial charge in [0.25, 0.3) is 5.91 Å². The number of amides is 2. The smallest absolute Gasteiger partial charge is 0.253 e. The fourth-order valence-corrected chi connectivity index (χ4v) is 4.98. The number of hydrazine groups is 1. The lowest BCUT2D eigenvalue weighted by molar-refractivity contribution is -0.126. The first-order chi connectivity index (χ1) is 14.2. The molecule has 3 aliphatic rings. The largest absolute Gasteiger partial charge is 0.497 e. The van der Waals surface area contributed by atoms with E-state index in [-0.39, 0.29) is 17.9 Å². The zero-order valence-corrected chi connectivity index (χ0v) is 16.4. The van der Waals surface area contributed by atoms with Gasteiger partial charge in [0.2, 0.25) is 5.91 Å². The van der Waals surface area contributed by atoms with E-state index >= 15 is 0 Å². The zero-order valence-electron chi connectivity index (χ0n) is 16.4. The Morgan fingerprint density at radius 3 is 2.21 bits per heavy atom. The monoisotopic (exact) mass is 393 g/mol. The van der Waals surface area contributed by atoms with Crippen molar-refractivity contribution in [3.63, 3.8) is 0 Å². The first kappa shape index (κ1) is 18.1. The van der Waals surface area contributed by atoms with E-state index in [2.05, 4.69) is 10.0 Å². The van der Waals surface area contributed by atoms with Crippen molar-refractivity contribution in [2.24, 2.45) is 5.92 Å².